The molecule has 1 aromatic carbocycles. The number of hydrogen-bond donors (Lipinski definition) is 2. The molecule has 3 heterocycles. The number of aromatic amines is 1. The van der Waals surface area contributed by atoms with Crippen LogP contribution in [0.5, 0.6) is 0 Å². The summed E-state index contributed by atoms with van der Waals surface area (Å²) in [4.78, 5) is 22.1. The van der Waals surface area contributed by atoms with Crippen LogP contribution in [-0.4, -0.2) is 39.7 Å². The fraction of sp³-hybridized carbons (Fsp3) is 0.304. The molecule has 1 amide bonds. The molecule has 0 atom stereocenters. The number of alkyl halides is 1. The Balaban J connectivity index is 0.000000432. The number of hydrogen-bond acceptors (Lipinski definition) is 4. The molecule has 3 aromatic rings. The predicted octanol–water partition coefficient (Wildman–Crippen LogP) is 6.63. The van der Waals surface area contributed by atoms with Gasteiger partial charge in [-0.2, -0.15) is 0 Å². The topological polar surface area (TPSA) is 75.0 Å². The quantitative estimate of drug-likeness (QED) is 0.326. The van der Waals surface area contributed by atoms with Crippen LogP contribution in [0.3, 0.4) is 0 Å². The van der Waals surface area contributed by atoms with E-state index in [0.29, 0.717) is 16.6 Å². The first-order chi connectivity index (χ1) is 15.0. The van der Waals surface area contributed by atoms with Crippen molar-refractivity contribution in [3.05, 3.63) is 59.2 Å². The maximum atomic E-state index is 12.4. The fourth-order valence-electron chi connectivity index (χ4n) is 2.92. The molecular weight excluding hydrogens is 451 g/mol. The molecule has 1 fully saturated rings. The minimum absolute atomic E-state index is 0.0766. The largest absolute Gasteiger partial charge is 0.399 e. The summed E-state index contributed by atoms with van der Waals surface area (Å²) in [6, 6.07) is 9.58. The molecule has 1 saturated heterocycles. The highest BCUT2D eigenvalue weighted by atomic mass is 35.5. The van der Waals surface area contributed by atoms with Gasteiger partial charge in [0.2, 0.25) is 0 Å². The number of H-pyrrole nitrogens is 1. The van der Waals surface area contributed by atoms with Gasteiger partial charge in [-0.25, -0.2) is 4.98 Å². The smallest absolute Gasteiger partial charge is 0.270 e. The molecular formula is C23H28Cl2N4OS. The van der Waals surface area contributed by atoms with Crippen LogP contribution in [-0.2, 0) is 0 Å². The highest BCUT2D eigenvalue weighted by Crippen LogP contribution is 2.30. The van der Waals surface area contributed by atoms with E-state index in [4.69, 9.17) is 28.9 Å². The minimum atomic E-state index is 0.0766. The van der Waals surface area contributed by atoms with Crippen molar-refractivity contribution < 1.29 is 4.79 Å². The van der Waals surface area contributed by atoms with Gasteiger partial charge in [0.1, 0.15) is 10.7 Å². The number of halogens is 2. The molecule has 8 heteroatoms. The van der Waals surface area contributed by atoms with E-state index in [1.807, 2.05) is 60.7 Å². The van der Waals surface area contributed by atoms with Crippen LogP contribution in [0.1, 0.15) is 37.2 Å². The second-order valence-electron chi connectivity index (χ2n) is 6.61. The van der Waals surface area contributed by atoms with E-state index in [1.54, 1.807) is 11.3 Å². The van der Waals surface area contributed by atoms with Gasteiger partial charge in [-0.05, 0) is 43.2 Å². The number of nitrogens with zero attached hydrogens (tertiary/aromatic N) is 2. The summed E-state index contributed by atoms with van der Waals surface area (Å²) in [6.45, 7) is 9.01. The minimum Gasteiger partial charge on any atom is -0.399 e. The summed E-state index contributed by atoms with van der Waals surface area (Å²) < 4.78 is 0. The maximum Gasteiger partial charge on any atom is 0.270 e. The van der Waals surface area contributed by atoms with Crippen molar-refractivity contribution >= 4 is 46.1 Å². The number of nitrogens with one attached hydrogen (secondary N) is 1. The zero-order valence-electron chi connectivity index (χ0n) is 17.8. The lowest BCUT2D eigenvalue weighted by atomic mass is 10.2. The molecule has 2 aromatic heterocycles. The van der Waals surface area contributed by atoms with Crippen molar-refractivity contribution in [2.75, 3.05) is 24.7 Å². The Hall–Kier alpha value is -2.28. The Morgan fingerprint density at radius 3 is 2.42 bits per heavy atom. The average molecular weight is 479 g/mol. The van der Waals surface area contributed by atoms with E-state index < -0.39 is 0 Å². The van der Waals surface area contributed by atoms with Gasteiger partial charge in [-0.1, -0.05) is 32.0 Å². The van der Waals surface area contributed by atoms with Gasteiger partial charge in [0, 0.05) is 46.5 Å². The lowest BCUT2D eigenvalue weighted by Gasteiger charge is -2.13. The molecule has 3 N–H and O–H groups in total. The third-order valence-electron chi connectivity index (χ3n) is 4.41. The summed E-state index contributed by atoms with van der Waals surface area (Å²) in [5, 5.41) is 3.45. The van der Waals surface area contributed by atoms with Gasteiger partial charge in [-0.3, -0.25) is 4.79 Å². The number of anilines is 1. The first kappa shape index (κ1) is 25.0. The predicted molar refractivity (Wildman–Crippen MR) is 134 cm³/mol. The number of carbonyl (C=O) groups excluding carboxylic acids is 1. The highest BCUT2D eigenvalue weighted by Gasteiger charge is 2.21. The normalized spacial score (nSPS) is 12.5. The Labute approximate surface area is 197 Å². The van der Waals surface area contributed by atoms with Gasteiger partial charge in [-0.15, -0.1) is 22.9 Å². The molecule has 0 saturated carbocycles. The second kappa shape index (κ2) is 12.5. The summed E-state index contributed by atoms with van der Waals surface area (Å²) in [5.41, 5.74) is 9.97. The van der Waals surface area contributed by atoms with Crippen LogP contribution in [0, 0.1) is 0 Å². The van der Waals surface area contributed by atoms with Crippen LogP contribution in [0.15, 0.2) is 53.5 Å². The third kappa shape index (κ3) is 7.13. The van der Waals surface area contributed by atoms with Crippen LogP contribution in [0.25, 0.3) is 21.8 Å². The SMILES string of the molecule is C=C(Cl)CCl.CC.Nc1ccc(-c2nc(-c3c[nH]c(C(=O)N4CCCC4)c3)cs2)cc1. The number of carbonyl (C=O) groups is 1. The van der Waals surface area contributed by atoms with E-state index in [1.165, 1.54) is 0 Å². The third-order valence-corrected chi connectivity index (χ3v) is 5.89. The molecule has 0 aliphatic carbocycles. The van der Waals surface area contributed by atoms with Crippen molar-refractivity contribution in [1.82, 2.24) is 14.9 Å². The number of benzene rings is 1. The van der Waals surface area contributed by atoms with Crippen LogP contribution < -0.4 is 5.73 Å². The summed E-state index contributed by atoms with van der Waals surface area (Å²) >= 11 is 11.8. The van der Waals surface area contributed by atoms with Gasteiger partial charge in [0.15, 0.2) is 0 Å². The van der Waals surface area contributed by atoms with E-state index >= 15 is 0 Å². The van der Waals surface area contributed by atoms with Crippen molar-refractivity contribution in [2.24, 2.45) is 0 Å². The number of nitrogens with two attached hydrogens (primary N) is 1. The number of nitrogen functional groups attached to an aromatic ring is 1. The van der Waals surface area contributed by atoms with Gasteiger partial charge in [0.25, 0.3) is 5.91 Å². The van der Waals surface area contributed by atoms with E-state index in [9.17, 15) is 4.79 Å². The molecule has 166 valence electrons. The molecule has 4 rings (SSSR count). The fourth-order valence-corrected chi connectivity index (χ4v) is 3.76. The first-order valence-corrected chi connectivity index (χ1v) is 12.0. The molecule has 5 nitrogen and oxygen atoms in total. The standard InChI is InChI=1S/C18H18N4OS.C3H4Cl2.C2H6/c19-14-5-3-12(4-6-14)17-21-16(11-24-17)13-9-15(20-10-13)18(23)22-7-1-2-8-22;1-3(5)2-4;1-2/h3-6,9-11,20H,1-2,7-8,19H2;1-2H2;1-2H3. The molecule has 0 spiro atoms. The van der Waals surface area contributed by atoms with E-state index in [0.717, 1.165) is 53.4 Å². The number of amides is 1. The van der Waals surface area contributed by atoms with Crippen LogP contribution in [0.2, 0.25) is 0 Å². The number of aromatic nitrogens is 2. The van der Waals surface area contributed by atoms with Crippen molar-refractivity contribution in [2.45, 2.75) is 26.7 Å². The maximum absolute atomic E-state index is 12.4. The monoisotopic (exact) mass is 478 g/mol. The Kier molecular flexibility index (Phi) is 10.1. The molecule has 0 unspecified atom stereocenters. The van der Waals surface area contributed by atoms with Crippen LogP contribution >= 0.6 is 34.5 Å². The summed E-state index contributed by atoms with van der Waals surface area (Å²) in [7, 11) is 0. The van der Waals surface area contributed by atoms with Gasteiger partial charge in [0.05, 0.1) is 11.6 Å². The lowest BCUT2D eigenvalue weighted by molar-refractivity contribution is 0.0788. The number of likely N-dealkylation sites (tertiary alicyclic amines) is 1. The number of thiazole rings is 1. The van der Waals surface area contributed by atoms with Crippen molar-refractivity contribution in [3.63, 3.8) is 0 Å². The van der Waals surface area contributed by atoms with E-state index in [-0.39, 0.29) is 5.91 Å². The number of rotatable bonds is 4. The highest BCUT2D eigenvalue weighted by molar-refractivity contribution is 7.13. The first-order valence-electron chi connectivity index (χ1n) is 10.2. The molecule has 0 bridgehead atoms. The molecule has 31 heavy (non-hydrogen) atoms. The molecule has 1 aliphatic heterocycles. The van der Waals surface area contributed by atoms with Crippen molar-refractivity contribution in [1.29, 1.82) is 0 Å². The van der Waals surface area contributed by atoms with Gasteiger partial charge >= 0.3 is 0 Å². The van der Waals surface area contributed by atoms with Crippen LogP contribution in [0.4, 0.5) is 5.69 Å². The summed E-state index contributed by atoms with van der Waals surface area (Å²) in [5.74, 6) is 0.425. The lowest BCUT2D eigenvalue weighted by Crippen LogP contribution is -2.27. The van der Waals surface area contributed by atoms with Crippen molar-refractivity contribution in [3.8, 4) is 21.8 Å². The average Bonchev–Trinajstić information content (AvgIpc) is 3.57. The zero-order chi connectivity index (χ0) is 22.8. The van der Waals surface area contributed by atoms with Gasteiger partial charge < -0.3 is 15.6 Å². The van der Waals surface area contributed by atoms with E-state index in [2.05, 4.69) is 16.5 Å². The number of allylic oxidation sites excluding steroid dienone is 1. The summed E-state index contributed by atoms with van der Waals surface area (Å²) in [6.07, 6.45) is 4.04. The Morgan fingerprint density at radius 1 is 1.23 bits per heavy atom. The Morgan fingerprint density at radius 2 is 1.84 bits per heavy atom. The zero-order valence-corrected chi connectivity index (χ0v) is 20.2. The molecule has 0 radical (unpaired) electrons. The molecule has 1 aliphatic rings. The Bertz CT molecular complexity index is 976. The second-order valence-corrected chi connectivity index (χ2v) is 8.27.